The Bertz CT molecular complexity index is 3710. The molecule has 0 radical (unpaired) electrons. The summed E-state index contributed by atoms with van der Waals surface area (Å²) < 4.78 is 0. The Morgan fingerprint density at radius 2 is 0.708 bits per heavy atom. The molecule has 6 aromatic carbocycles. The van der Waals surface area contributed by atoms with Crippen LogP contribution in [0.5, 0.6) is 0 Å². The summed E-state index contributed by atoms with van der Waals surface area (Å²) in [6, 6.07) is 38.5. The molecule has 6 aromatic rings. The summed E-state index contributed by atoms with van der Waals surface area (Å²) in [5.74, 6) is 30.5. The smallest absolute Gasteiger partial charge is 0.335 e. The number of carboxylic acid groups (broad SMARTS) is 1. The third-order valence-electron chi connectivity index (χ3n) is 11.6. The van der Waals surface area contributed by atoms with Gasteiger partial charge in [0.15, 0.2) is 0 Å². The number of hydroxylamine groups is 3. The zero-order chi connectivity index (χ0) is 65.7. The lowest BCUT2D eigenvalue weighted by molar-refractivity contribution is -0.136. The normalized spacial score (nSPS) is 10.9. The molecule has 0 fully saturated rings. The molecule has 89 heavy (non-hydrogen) atoms. The van der Waals surface area contributed by atoms with Crippen molar-refractivity contribution in [1.82, 2.24) is 27.1 Å². The van der Waals surface area contributed by atoms with Crippen LogP contribution in [0.3, 0.4) is 0 Å². The van der Waals surface area contributed by atoms with Gasteiger partial charge in [0.1, 0.15) is 12.1 Å². The van der Waals surface area contributed by atoms with Crippen LogP contribution in [0.25, 0.3) is 0 Å². The van der Waals surface area contributed by atoms with Gasteiger partial charge in [-0.2, -0.15) is 0 Å². The second-order valence-electron chi connectivity index (χ2n) is 19.3. The molecule has 0 saturated carbocycles. The number of hydrogen-bond acceptors (Lipinski definition) is 14. The Labute approximate surface area is 518 Å². The first-order chi connectivity index (χ1) is 42.5. The number of nitrogens with one attached hydrogen (secondary N) is 5. The van der Waals surface area contributed by atoms with E-state index in [1.807, 2.05) is 52.0 Å². The molecule has 20 nitrogen and oxygen atoms in total. The third-order valence-corrected chi connectivity index (χ3v) is 11.6. The molecule has 0 aliphatic heterocycles. The van der Waals surface area contributed by atoms with Gasteiger partial charge in [-0.25, -0.2) is 21.2 Å². The maximum absolute atomic E-state index is 12.5. The second-order valence-corrected chi connectivity index (χ2v) is 19.3. The van der Waals surface area contributed by atoms with Crippen molar-refractivity contribution in [2.24, 2.45) is 17.6 Å². The molecule has 0 bridgehead atoms. The van der Waals surface area contributed by atoms with Gasteiger partial charge < -0.3 is 43.8 Å². The van der Waals surface area contributed by atoms with Gasteiger partial charge in [-0.15, -0.1) is 0 Å². The third kappa shape index (κ3) is 28.0. The fourth-order valence-corrected chi connectivity index (χ4v) is 6.61. The molecule has 0 unspecified atom stereocenters. The zero-order valence-electron chi connectivity index (χ0n) is 50.2. The highest BCUT2D eigenvalue weighted by Crippen LogP contribution is 2.10. The van der Waals surface area contributed by atoms with Crippen LogP contribution in [0.4, 0.5) is 17.1 Å². The maximum Gasteiger partial charge on any atom is 0.335 e. The molecule has 0 spiro atoms. The SMILES string of the molecule is CCONC(=O)[C@@H](N)C(C)C.CCONC(=O)[C@@H](NC(=O)c1ccc(C#CC#Cc2ccc(N)cc2)cc1)C(C)C.C[C@@H](O)[C@H](NC(=O)c1ccc(C#CC#Cc2ccc(N)cc2)cc1)C(=O)NO.Nc1ccc(C#CC#Cc2ccc(C(=O)O)cc2)cc1. The summed E-state index contributed by atoms with van der Waals surface area (Å²) in [6.07, 6.45) is -1.18. The molecule has 458 valence electrons. The molecule has 6 rings (SSSR count). The Hall–Kier alpha value is -11.3. The number of nitrogen functional groups attached to an aromatic ring is 3. The van der Waals surface area contributed by atoms with Gasteiger partial charge in [0.25, 0.3) is 29.5 Å². The van der Waals surface area contributed by atoms with Crippen molar-refractivity contribution < 1.29 is 53.9 Å². The highest BCUT2D eigenvalue weighted by atomic mass is 16.7. The van der Waals surface area contributed by atoms with E-state index in [-0.39, 0.29) is 40.7 Å². The molecular formula is C69H71N9O11. The number of aromatic carboxylic acids is 1. The Morgan fingerprint density at radius 3 is 0.966 bits per heavy atom. The van der Waals surface area contributed by atoms with E-state index in [9.17, 15) is 33.9 Å². The highest BCUT2D eigenvalue weighted by molar-refractivity contribution is 5.98. The quantitative estimate of drug-likeness (QED) is 0.0259. The number of hydrogen-bond donors (Lipinski definition) is 12. The lowest BCUT2D eigenvalue weighted by atomic mass is 10.0. The Kier molecular flexibility index (Phi) is 31.8. The fraction of sp³-hybridized carbons (Fsp3) is 0.217. The van der Waals surface area contributed by atoms with Crippen molar-refractivity contribution in [1.29, 1.82) is 0 Å². The first kappa shape index (κ1) is 72.0. The van der Waals surface area contributed by atoms with E-state index in [2.05, 4.69) is 97.5 Å². The van der Waals surface area contributed by atoms with Gasteiger partial charge in [-0.05, 0) is 214 Å². The van der Waals surface area contributed by atoms with Gasteiger partial charge >= 0.3 is 5.97 Å². The Morgan fingerprint density at radius 1 is 0.427 bits per heavy atom. The standard InChI is InChI=1S/C24H25N3O3.C21H19N3O4.C17H11NO2.C7H16N2O2/c1-4-30-27-24(29)22(17(2)3)26-23(28)20-13-9-18(10-14-20)7-5-6-8-19-11-15-21(25)16-12-19;1-14(25)19(21(27)24-28)23-20(26)17-10-6-15(7-11-17)4-2-3-5-16-8-12-18(22)13-9-16;18-16-11-7-14(8-12-16)4-2-1-3-13-5-9-15(10-6-13)17(19)20;1-4-11-9-7(10)6(8)5(2)3/h9-17,22H,4,25H2,1-3H3,(H,26,28)(H,27,29);6-14,19,25,28H,22H2,1H3,(H,23,26)(H,24,27);5-12H,18H2,(H,19,20);5-6H,4,8H2,1-3H3,(H,9,10)/t22-;14-,19+;;6-/m01.0/s1. The van der Waals surface area contributed by atoms with Crippen LogP contribution < -0.4 is 50.0 Å². The second kappa shape index (κ2) is 39.3. The first-order valence-electron chi connectivity index (χ1n) is 27.5. The highest BCUT2D eigenvalue weighted by Gasteiger charge is 2.26. The van der Waals surface area contributed by atoms with Gasteiger partial charge in [0, 0.05) is 61.6 Å². The van der Waals surface area contributed by atoms with Crippen molar-refractivity contribution in [3.63, 3.8) is 0 Å². The molecule has 0 heterocycles. The fourth-order valence-electron chi connectivity index (χ4n) is 6.61. The molecule has 4 atom stereocenters. The summed E-state index contributed by atoms with van der Waals surface area (Å²) in [5, 5.41) is 32.1. The van der Waals surface area contributed by atoms with E-state index in [4.69, 9.17) is 38.1 Å². The van der Waals surface area contributed by atoms with Crippen LogP contribution in [-0.4, -0.2) is 88.4 Å². The summed E-state index contributed by atoms with van der Waals surface area (Å²) in [7, 11) is 0. The largest absolute Gasteiger partial charge is 0.478 e. The average Bonchev–Trinajstić information content (AvgIpc) is 3.68. The molecule has 5 amide bonds. The summed E-state index contributed by atoms with van der Waals surface area (Å²) in [6.45, 7) is 13.1. The summed E-state index contributed by atoms with van der Waals surface area (Å²) in [4.78, 5) is 79.6. The number of benzene rings is 6. The number of anilines is 3. The molecule has 20 heteroatoms. The van der Waals surface area contributed by atoms with Gasteiger partial charge in [-0.3, -0.25) is 38.9 Å². The number of carbonyl (C=O) groups is 6. The van der Waals surface area contributed by atoms with Crippen molar-refractivity contribution in [2.45, 2.75) is 72.7 Å². The molecule has 0 aromatic heterocycles. The number of rotatable bonds is 15. The van der Waals surface area contributed by atoms with Crippen LogP contribution in [0.2, 0.25) is 0 Å². The van der Waals surface area contributed by atoms with E-state index in [0.29, 0.717) is 41.4 Å². The van der Waals surface area contributed by atoms with Crippen LogP contribution in [0, 0.1) is 82.9 Å². The van der Waals surface area contributed by atoms with Crippen molar-refractivity contribution in [3.05, 3.63) is 196 Å². The van der Waals surface area contributed by atoms with Gasteiger partial charge in [0.2, 0.25) is 0 Å². The van der Waals surface area contributed by atoms with Crippen molar-refractivity contribution in [2.75, 3.05) is 30.4 Å². The van der Waals surface area contributed by atoms with Gasteiger partial charge in [0.05, 0.1) is 30.9 Å². The van der Waals surface area contributed by atoms with E-state index >= 15 is 0 Å². The van der Waals surface area contributed by atoms with E-state index in [1.165, 1.54) is 36.7 Å². The minimum absolute atomic E-state index is 0.0980. The summed E-state index contributed by atoms with van der Waals surface area (Å²) in [5.41, 5.74) is 35.9. The number of nitrogens with two attached hydrogens (primary N) is 4. The number of aliphatic hydroxyl groups is 1. The number of amides is 5. The molecule has 0 aliphatic rings. The maximum atomic E-state index is 12.5. The molecular weight excluding hydrogens is 1130 g/mol. The monoisotopic (exact) mass is 1200 g/mol. The number of carboxylic acids is 1. The average molecular weight is 1200 g/mol. The lowest BCUT2D eigenvalue weighted by Gasteiger charge is -2.21. The van der Waals surface area contributed by atoms with Crippen LogP contribution in [0.15, 0.2) is 146 Å². The minimum Gasteiger partial charge on any atom is -0.478 e. The van der Waals surface area contributed by atoms with E-state index in [0.717, 1.165) is 27.8 Å². The van der Waals surface area contributed by atoms with Crippen molar-refractivity contribution in [3.8, 4) is 71.0 Å². The first-order valence-corrected chi connectivity index (χ1v) is 27.5. The van der Waals surface area contributed by atoms with Crippen LogP contribution in [0.1, 0.15) is 113 Å². The minimum atomic E-state index is -1.28. The number of carbonyl (C=O) groups excluding carboxylic acids is 5. The van der Waals surface area contributed by atoms with Crippen LogP contribution >= 0.6 is 0 Å². The van der Waals surface area contributed by atoms with E-state index in [1.54, 1.807) is 111 Å². The lowest BCUT2D eigenvalue weighted by Crippen LogP contribution is -2.51. The molecule has 16 N–H and O–H groups in total. The topological polar surface area (TPSA) is 346 Å². The summed E-state index contributed by atoms with van der Waals surface area (Å²) >= 11 is 0. The van der Waals surface area contributed by atoms with E-state index < -0.39 is 42.0 Å². The molecule has 0 saturated heterocycles. The number of aliphatic hydroxyl groups excluding tert-OH is 1. The predicted octanol–water partition coefficient (Wildman–Crippen LogP) is 5.56. The zero-order valence-corrected chi connectivity index (χ0v) is 50.2. The van der Waals surface area contributed by atoms with Crippen molar-refractivity contribution >= 4 is 52.6 Å². The predicted molar refractivity (Wildman–Crippen MR) is 341 cm³/mol. The Balaban J connectivity index is 0.000000326. The van der Waals surface area contributed by atoms with Gasteiger partial charge in [-0.1, -0.05) is 63.2 Å². The van der Waals surface area contributed by atoms with Crippen LogP contribution in [-0.2, 0) is 24.1 Å². The molecule has 0 aliphatic carbocycles.